The Morgan fingerprint density at radius 2 is 2.00 bits per heavy atom. The third-order valence-corrected chi connectivity index (χ3v) is 1.81. The molecule has 0 bridgehead atoms. The van der Waals surface area contributed by atoms with E-state index in [1.807, 2.05) is 0 Å². The molecule has 0 aromatic carbocycles. The monoisotopic (exact) mass is 176 g/mol. The maximum atomic E-state index is 8.95. The average molecular weight is 176 g/mol. The van der Waals surface area contributed by atoms with E-state index in [1.54, 1.807) is 0 Å². The van der Waals surface area contributed by atoms with E-state index in [-0.39, 0.29) is 6.54 Å². The topological polar surface area (TPSA) is 58.7 Å². The van der Waals surface area contributed by atoms with Crippen molar-refractivity contribution in [1.29, 1.82) is 0 Å². The molecule has 3 N–H and O–H groups in total. The van der Waals surface area contributed by atoms with E-state index in [9.17, 15) is 0 Å². The van der Waals surface area contributed by atoms with Crippen LogP contribution in [0.5, 0.6) is 0 Å². The van der Waals surface area contributed by atoms with Crippen LogP contribution < -0.4 is 5.73 Å². The number of rotatable bonds is 7. The first-order valence-electron chi connectivity index (χ1n) is 4.46. The van der Waals surface area contributed by atoms with Gasteiger partial charge in [0, 0.05) is 13.1 Å². The summed E-state index contributed by atoms with van der Waals surface area (Å²) in [6.07, 6.45) is -0.805. The molecule has 0 aliphatic heterocycles. The van der Waals surface area contributed by atoms with Crippen LogP contribution in [0.1, 0.15) is 13.8 Å². The van der Waals surface area contributed by atoms with Gasteiger partial charge < -0.3 is 20.5 Å². The van der Waals surface area contributed by atoms with Crippen molar-refractivity contribution < 1.29 is 9.84 Å². The second-order valence-electron chi connectivity index (χ2n) is 2.59. The van der Waals surface area contributed by atoms with Crippen LogP contribution in [0.25, 0.3) is 0 Å². The van der Waals surface area contributed by atoms with Crippen molar-refractivity contribution in [3.8, 4) is 0 Å². The Bertz CT molecular complexity index is 97.1. The molecule has 0 aromatic heterocycles. The molecule has 0 aliphatic rings. The van der Waals surface area contributed by atoms with E-state index in [1.165, 1.54) is 0 Å². The van der Waals surface area contributed by atoms with Crippen molar-refractivity contribution in [3.05, 3.63) is 0 Å². The van der Waals surface area contributed by atoms with Gasteiger partial charge in [-0.05, 0) is 13.1 Å². The van der Waals surface area contributed by atoms with Crippen LogP contribution in [0.2, 0.25) is 0 Å². The van der Waals surface area contributed by atoms with Crippen molar-refractivity contribution in [1.82, 2.24) is 4.90 Å². The minimum atomic E-state index is -0.805. The summed E-state index contributed by atoms with van der Waals surface area (Å²) in [6, 6.07) is 0. The van der Waals surface area contributed by atoms with Gasteiger partial charge in [-0.15, -0.1) is 0 Å². The highest BCUT2D eigenvalue weighted by Crippen LogP contribution is 1.89. The van der Waals surface area contributed by atoms with Crippen LogP contribution in [0.4, 0.5) is 0 Å². The Morgan fingerprint density at radius 3 is 2.42 bits per heavy atom. The van der Waals surface area contributed by atoms with Crippen LogP contribution in [-0.4, -0.2) is 49.1 Å². The summed E-state index contributed by atoms with van der Waals surface area (Å²) in [5.74, 6) is 0. The smallest absolute Gasteiger partial charge is 0.166 e. The number of hydrogen-bond donors (Lipinski definition) is 2. The number of nitrogens with zero attached hydrogens (tertiary/aromatic N) is 1. The molecule has 0 radical (unpaired) electrons. The standard InChI is InChI=1S/C8H20N2O2/c1-3-10(4-2)5-6-12-8(11)7-9/h8,11H,3-7,9H2,1-2H3. The average Bonchev–Trinajstić information content (AvgIpc) is 2.12. The minimum absolute atomic E-state index is 0.165. The molecule has 0 fully saturated rings. The molecular weight excluding hydrogens is 156 g/mol. The highest BCUT2D eigenvalue weighted by atomic mass is 16.6. The van der Waals surface area contributed by atoms with E-state index in [2.05, 4.69) is 18.7 Å². The highest BCUT2D eigenvalue weighted by molar-refractivity contribution is 4.51. The maximum Gasteiger partial charge on any atom is 0.166 e. The van der Waals surface area contributed by atoms with Crippen LogP contribution in [0.15, 0.2) is 0 Å². The zero-order valence-corrected chi connectivity index (χ0v) is 7.99. The minimum Gasteiger partial charge on any atom is -0.367 e. The Labute approximate surface area is 74.3 Å². The van der Waals surface area contributed by atoms with Crippen LogP contribution in [-0.2, 0) is 4.74 Å². The normalized spacial score (nSPS) is 13.8. The van der Waals surface area contributed by atoms with Gasteiger partial charge in [-0.3, -0.25) is 0 Å². The number of aliphatic hydroxyl groups is 1. The zero-order chi connectivity index (χ0) is 9.40. The Kier molecular flexibility index (Phi) is 7.39. The Hall–Kier alpha value is -0.160. The Morgan fingerprint density at radius 1 is 1.42 bits per heavy atom. The van der Waals surface area contributed by atoms with Gasteiger partial charge in [0.2, 0.25) is 0 Å². The van der Waals surface area contributed by atoms with Gasteiger partial charge in [0.15, 0.2) is 6.29 Å². The second-order valence-corrected chi connectivity index (χ2v) is 2.59. The lowest BCUT2D eigenvalue weighted by Crippen LogP contribution is -2.30. The van der Waals surface area contributed by atoms with E-state index in [0.29, 0.717) is 6.61 Å². The predicted octanol–water partition coefficient (Wildman–Crippen LogP) is -0.378. The fourth-order valence-corrected chi connectivity index (χ4v) is 0.926. The highest BCUT2D eigenvalue weighted by Gasteiger charge is 2.02. The molecule has 0 saturated carbocycles. The SMILES string of the molecule is CCN(CC)CCOC(O)CN. The van der Waals surface area contributed by atoms with Crippen LogP contribution in [0.3, 0.4) is 0 Å². The molecule has 0 aliphatic carbocycles. The van der Waals surface area contributed by atoms with Gasteiger partial charge in [-0.1, -0.05) is 13.8 Å². The Balaban J connectivity index is 3.28. The van der Waals surface area contributed by atoms with Gasteiger partial charge in [-0.25, -0.2) is 0 Å². The van der Waals surface area contributed by atoms with Gasteiger partial charge in [0.25, 0.3) is 0 Å². The number of likely N-dealkylation sites (N-methyl/N-ethyl adjacent to an activating group) is 1. The van der Waals surface area contributed by atoms with Crippen molar-refractivity contribution >= 4 is 0 Å². The van der Waals surface area contributed by atoms with Crippen molar-refractivity contribution in [3.63, 3.8) is 0 Å². The van der Waals surface area contributed by atoms with Crippen molar-refractivity contribution in [2.45, 2.75) is 20.1 Å². The molecule has 0 spiro atoms. The lowest BCUT2D eigenvalue weighted by Gasteiger charge is -2.18. The van der Waals surface area contributed by atoms with Crippen molar-refractivity contribution in [2.75, 3.05) is 32.8 Å². The first-order valence-corrected chi connectivity index (χ1v) is 4.46. The second kappa shape index (κ2) is 7.49. The molecule has 0 amide bonds. The summed E-state index contributed by atoms with van der Waals surface area (Å²) in [6.45, 7) is 7.78. The zero-order valence-electron chi connectivity index (χ0n) is 7.99. The summed E-state index contributed by atoms with van der Waals surface area (Å²) in [4.78, 5) is 2.23. The first-order chi connectivity index (χ1) is 5.74. The molecule has 1 unspecified atom stereocenters. The van der Waals surface area contributed by atoms with Crippen LogP contribution >= 0.6 is 0 Å². The first kappa shape index (κ1) is 11.8. The molecule has 0 heterocycles. The summed E-state index contributed by atoms with van der Waals surface area (Å²) in [5, 5.41) is 8.95. The predicted molar refractivity (Wildman–Crippen MR) is 48.8 cm³/mol. The molecule has 0 saturated heterocycles. The number of aliphatic hydroxyl groups excluding tert-OH is 1. The molecular formula is C8H20N2O2. The molecule has 4 nitrogen and oxygen atoms in total. The molecule has 0 rings (SSSR count). The number of ether oxygens (including phenoxy) is 1. The van der Waals surface area contributed by atoms with Gasteiger partial charge in [0.1, 0.15) is 0 Å². The largest absolute Gasteiger partial charge is 0.367 e. The lowest BCUT2D eigenvalue weighted by molar-refractivity contribution is -0.0950. The maximum absolute atomic E-state index is 8.95. The molecule has 12 heavy (non-hydrogen) atoms. The van der Waals surface area contributed by atoms with Gasteiger partial charge >= 0.3 is 0 Å². The van der Waals surface area contributed by atoms with Crippen molar-refractivity contribution in [2.24, 2.45) is 5.73 Å². The summed E-state index contributed by atoms with van der Waals surface area (Å²) >= 11 is 0. The summed E-state index contributed by atoms with van der Waals surface area (Å²) in [5.41, 5.74) is 5.17. The van der Waals surface area contributed by atoms with E-state index >= 15 is 0 Å². The molecule has 0 aromatic rings. The summed E-state index contributed by atoms with van der Waals surface area (Å²) < 4.78 is 5.01. The molecule has 4 heteroatoms. The fraction of sp³-hybridized carbons (Fsp3) is 1.00. The number of nitrogens with two attached hydrogens (primary N) is 1. The lowest BCUT2D eigenvalue weighted by atomic mass is 10.5. The third kappa shape index (κ3) is 5.49. The molecule has 74 valence electrons. The van der Waals surface area contributed by atoms with E-state index < -0.39 is 6.29 Å². The van der Waals surface area contributed by atoms with Crippen LogP contribution in [0, 0.1) is 0 Å². The number of hydrogen-bond acceptors (Lipinski definition) is 4. The van der Waals surface area contributed by atoms with E-state index in [4.69, 9.17) is 15.6 Å². The van der Waals surface area contributed by atoms with Gasteiger partial charge in [0.05, 0.1) is 6.61 Å². The van der Waals surface area contributed by atoms with Gasteiger partial charge in [-0.2, -0.15) is 0 Å². The fourth-order valence-electron chi connectivity index (χ4n) is 0.926. The summed E-state index contributed by atoms with van der Waals surface area (Å²) in [7, 11) is 0. The molecule has 1 atom stereocenters. The van der Waals surface area contributed by atoms with E-state index in [0.717, 1.165) is 19.6 Å². The third-order valence-electron chi connectivity index (χ3n) is 1.81. The quantitative estimate of drug-likeness (QED) is 0.519.